The minimum atomic E-state index is -1.11. The molecule has 2 rings (SSSR count). The lowest BCUT2D eigenvalue weighted by atomic mass is 10.1. The van der Waals surface area contributed by atoms with Gasteiger partial charge in [-0.25, -0.2) is 8.78 Å². The number of carbonyl (C=O) groups excluding carboxylic acids is 1. The highest BCUT2D eigenvalue weighted by Gasteiger charge is 2.18. The van der Waals surface area contributed by atoms with Crippen molar-refractivity contribution in [1.82, 2.24) is 0 Å². The minimum Gasteiger partial charge on any atom is -0.507 e. The van der Waals surface area contributed by atoms with Gasteiger partial charge in [-0.05, 0) is 24.1 Å². The van der Waals surface area contributed by atoms with E-state index in [9.17, 15) is 18.7 Å². The summed E-state index contributed by atoms with van der Waals surface area (Å²) in [6, 6.07) is 8.25. The summed E-state index contributed by atoms with van der Waals surface area (Å²) in [4.78, 5) is 11.9. The maximum atomic E-state index is 13.5. The highest BCUT2D eigenvalue weighted by molar-refractivity contribution is 6.06. The van der Waals surface area contributed by atoms with E-state index in [1.165, 1.54) is 0 Å². The maximum absolute atomic E-state index is 13.5. The van der Waals surface area contributed by atoms with Crippen LogP contribution in [0.4, 0.5) is 14.5 Å². The number of hydrogen-bond acceptors (Lipinski definition) is 2. The van der Waals surface area contributed by atoms with E-state index in [1.807, 2.05) is 19.1 Å². The van der Waals surface area contributed by atoms with Gasteiger partial charge in [0.1, 0.15) is 22.9 Å². The highest BCUT2D eigenvalue weighted by Crippen LogP contribution is 2.23. The molecule has 0 aliphatic heterocycles. The molecular formula is C15H13F2NO2. The van der Waals surface area contributed by atoms with Gasteiger partial charge in [0, 0.05) is 17.8 Å². The molecule has 2 aromatic carbocycles. The van der Waals surface area contributed by atoms with Crippen LogP contribution in [0.3, 0.4) is 0 Å². The average Bonchev–Trinajstić information content (AvgIpc) is 2.38. The van der Waals surface area contributed by atoms with Crippen molar-refractivity contribution in [3.63, 3.8) is 0 Å². The lowest BCUT2D eigenvalue weighted by Crippen LogP contribution is -2.14. The summed E-state index contributed by atoms with van der Waals surface area (Å²) < 4.78 is 26.4. The Morgan fingerprint density at radius 1 is 1.20 bits per heavy atom. The Hall–Kier alpha value is -2.43. The fourth-order valence-corrected chi connectivity index (χ4v) is 1.80. The Kier molecular flexibility index (Phi) is 3.98. The molecule has 2 N–H and O–H groups in total. The van der Waals surface area contributed by atoms with Gasteiger partial charge < -0.3 is 10.4 Å². The zero-order valence-corrected chi connectivity index (χ0v) is 10.8. The number of rotatable bonds is 3. The first-order chi connectivity index (χ1) is 9.51. The lowest BCUT2D eigenvalue weighted by molar-refractivity contribution is 0.102. The molecule has 0 saturated carbocycles. The van der Waals surface area contributed by atoms with Crippen molar-refractivity contribution in [2.45, 2.75) is 13.3 Å². The average molecular weight is 277 g/mol. The number of phenolic OH excluding ortho intramolecular Hbond substituents is 1. The molecule has 0 radical (unpaired) electrons. The van der Waals surface area contributed by atoms with Gasteiger partial charge in [0.25, 0.3) is 5.91 Å². The minimum absolute atomic E-state index is 0.468. The molecule has 0 saturated heterocycles. The molecule has 104 valence electrons. The molecule has 0 unspecified atom stereocenters. The number of anilines is 1. The molecule has 20 heavy (non-hydrogen) atoms. The molecule has 1 amide bonds. The Labute approximate surface area is 114 Å². The predicted molar refractivity (Wildman–Crippen MR) is 71.8 cm³/mol. The second kappa shape index (κ2) is 5.69. The van der Waals surface area contributed by atoms with Crippen LogP contribution in [0.1, 0.15) is 22.8 Å². The van der Waals surface area contributed by atoms with Gasteiger partial charge in [-0.3, -0.25) is 4.79 Å². The SMILES string of the molecule is CCc1ccc(NC(=O)c2c(O)cc(F)cc2F)cc1. The second-order valence-electron chi connectivity index (χ2n) is 4.29. The van der Waals surface area contributed by atoms with Crippen LogP contribution in [0, 0.1) is 11.6 Å². The fraction of sp³-hybridized carbons (Fsp3) is 0.133. The Morgan fingerprint density at radius 2 is 1.85 bits per heavy atom. The van der Waals surface area contributed by atoms with Crippen LogP contribution < -0.4 is 5.32 Å². The van der Waals surface area contributed by atoms with Crippen LogP contribution in [0.25, 0.3) is 0 Å². The normalized spacial score (nSPS) is 10.3. The third kappa shape index (κ3) is 2.93. The molecule has 0 aromatic heterocycles. The fourth-order valence-electron chi connectivity index (χ4n) is 1.80. The van der Waals surface area contributed by atoms with Crippen molar-refractivity contribution >= 4 is 11.6 Å². The quantitative estimate of drug-likeness (QED) is 0.902. The van der Waals surface area contributed by atoms with Gasteiger partial charge in [0.15, 0.2) is 0 Å². The summed E-state index contributed by atoms with van der Waals surface area (Å²) in [5.41, 5.74) is 0.986. The number of phenols is 1. The topological polar surface area (TPSA) is 49.3 Å². The summed E-state index contributed by atoms with van der Waals surface area (Å²) in [5.74, 6) is -3.61. The van der Waals surface area contributed by atoms with Crippen molar-refractivity contribution in [3.8, 4) is 5.75 Å². The van der Waals surface area contributed by atoms with E-state index >= 15 is 0 Å². The first-order valence-electron chi connectivity index (χ1n) is 6.09. The van der Waals surface area contributed by atoms with Gasteiger partial charge in [0.2, 0.25) is 0 Å². The highest BCUT2D eigenvalue weighted by atomic mass is 19.1. The number of benzene rings is 2. The van der Waals surface area contributed by atoms with Gasteiger partial charge in [-0.1, -0.05) is 19.1 Å². The van der Waals surface area contributed by atoms with Gasteiger partial charge in [-0.15, -0.1) is 0 Å². The van der Waals surface area contributed by atoms with Gasteiger partial charge in [-0.2, -0.15) is 0 Å². The summed E-state index contributed by atoms with van der Waals surface area (Å²) in [7, 11) is 0. The van der Waals surface area contributed by atoms with Crippen molar-refractivity contribution in [3.05, 3.63) is 59.2 Å². The van der Waals surface area contributed by atoms with Crippen LogP contribution in [-0.4, -0.2) is 11.0 Å². The first kappa shape index (κ1) is 14.0. The van der Waals surface area contributed by atoms with Crippen LogP contribution in [-0.2, 0) is 6.42 Å². The Morgan fingerprint density at radius 3 is 2.40 bits per heavy atom. The number of carbonyl (C=O) groups is 1. The summed E-state index contributed by atoms with van der Waals surface area (Å²) >= 11 is 0. The number of aryl methyl sites for hydroxylation is 1. The molecule has 0 heterocycles. The summed E-state index contributed by atoms with van der Waals surface area (Å²) in [5, 5.41) is 11.9. The molecule has 0 bridgehead atoms. The predicted octanol–water partition coefficient (Wildman–Crippen LogP) is 3.49. The number of hydrogen-bond donors (Lipinski definition) is 2. The smallest absolute Gasteiger partial charge is 0.262 e. The molecule has 3 nitrogen and oxygen atoms in total. The van der Waals surface area contributed by atoms with Crippen LogP contribution in [0.2, 0.25) is 0 Å². The second-order valence-corrected chi connectivity index (χ2v) is 4.29. The molecule has 2 aromatic rings. The van der Waals surface area contributed by atoms with E-state index in [-0.39, 0.29) is 0 Å². The van der Waals surface area contributed by atoms with E-state index in [1.54, 1.807) is 12.1 Å². The monoisotopic (exact) mass is 277 g/mol. The number of amides is 1. The zero-order chi connectivity index (χ0) is 14.7. The largest absolute Gasteiger partial charge is 0.507 e. The standard InChI is InChI=1S/C15H13F2NO2/c1-2-9-3-5-11(6-4-9)18-15(20)14-12(17)7-10(16)8-13(14)19/h3-8,19H,2H2,1H3,(H,18,20). The Balaban J connectivity index is 2.23. The van der Waals surface area contributed by atoms with Crippen LogP contribution in [0.15, 0.2) is 36.4 Å². The molecule has 5 heteroatoms. The molecule has 0 fully saturated rings. The summed E-state index contributed by atoms with van der Waals surface area (Å²) in [6.07, 6.45) is 0.863. The maximum Gasteiger partial charge on any atom is 0.262 e. The van der Waals surface area contributed by atoms with E-state index in [0.717, 1.165) is 12.0 Å². The van der Waals surface area contributed by atoms with Crippen molar-refractivity contribution in [2.75, 3.05) is 5.32 Å². The van der Waals surface area contributed by atoms with E-state index in [2.05, 4.69) is 5.32 Å². The van der Waals surface area contributed by atoms with Crippen molar-refractivity contribution in [2.24, 2.45) is 0 Å². The Bertz CT molecular complexity index is 616. The molecule has 0 aliphatic carbocycles. The number of aromatic hydroxyl groups is 1. The molecule has 0 atom stereocenters. The summed E-state index contributed by atoms with van der Waals surface area (Å²) in [6.45, 7) is 2.00. The van der Waals surface area contributed by atoms with Crippen LogP contribution in [0.5, 0.6) is 5.75 Å². The number of halogens is 2. The molecular weight excluding hydrogens is 264 g/mol. The third-order valence-electron chi connectivity index (χ3n) is 2.88. The molecule has 0 aliphatic rings. The van der Waals surface area contributed by atoms with Crippen LogP contribution >= 0.6 is 0 Å². The first-order valence-corrected chi connectivity index (χ1v) is 6.09. The van der Waals surface area contributed by atoms with E-state index in [4.69, 9.17) is 0 Å². The van der Waals surface area contributed by atoms with Crippen molar-refractivity contribution < 1.29 is 18.7 Å². The third-order valence-corrected chi connectivity index (χ3v) is 2.88. The lowest BCUT2D eigenvalue weighted by Gasteiger charge is -2.08. The number of nitrogens with one attached hydrogen (secondary N) is 1. The van der Waals surface area contributed by atoms with Gasteiger partial charge in [0.05, 0.1) is 0 Å². The van der Waals surface area contributed by atoms with Crippen molar-refractivity contribution in [1.29, 1.82) is 0 Å². The molecule has 0 spiro atoms. The van der Waals surface area contributed by atoms with E-state index in [0.29, 0.717) is 17.8 Å². The van der Waals surface area contributed by atoms with E-state index < -0.39 is 28.9 Å². The van der Waals surface area contributed by atoms with Gasteiger partial charge >= 0.3 is 0 Å². The zero-order valence-electron chi connectivity index (χ0n) is 10.8.